The van der Waals surface area contributed by atoms with Gasteiger partial charge in [-0.15, -0.1) is 0 Å². The normalized spacial score (nSPS) is 12.0. The second-order valence-electron chi connectivity index (χ2n) is 5.61. The van der Waals surface area contributed by atoms with Crippen molar-refractivity contribution in [2.45, 2.75) is 83.1 Å². The first-order chi connectivity index (χ1) is 10.4. The molecule has 1 atom stereocenters. The second-order valence-corrected chi connectivity index (χ2v) is 5.61. The van der Waals surface area contributed by atoms with Gasteiger partial charge in [0, 0.05) is 17.8 Å². The Labute approximate surface area is 130 Å². The van der Waals surface area contributed by atoms with E-state index >= 15 is 0 Å². The van der Waals surface area contributed by atoms with E-state index in [9.17, 15) is 19.7 Å². The van der Waals surface area contributed by atoms with Crippen molar-refractivity contribution in [1.82, 2.24) is 0 Å². The van der Waals surface area contributed by atoms with Crippen LogP contribution in [0.5, 0.6) is 0 Å². The topological polar surface area (TPSA) is 118 Å². The monoisotopic (exact) mass is 317 g/mol. The first-order valence-corrected chi connectivity index (χ1v) is 8.03. The van der Waals surface area contributed by atoms with Gasteiger partial charge in [0.2, 0.25) is 0 Å². The molecule has 0 radical (unpaired) electrons. The van der Waals surface area contributed by atoms with Crippen LogP contribution in [-0.2, 0) is 9.59 Å². The van der Waals surface area contributed by atoms with Crippen molar-refractivity contribution in [3.8, 4) is 0 Å². The molecule has 0 aromatic rings. The van der Waals surface area contributed by atoms with Gasteiger partial charge in [-0.25, -0.2) is 4.79 Å². The summed E-state index contributed by atoms with van der Waals surface area (Å²) in [6.07, 6.45) is 9.92. The fourth-order valence-electron chi connectivity index (χ4n) is 2.35. The van der Waals surface area contributed by atoms with Gasteiger partial charge in [-0.1, -0.05) is 51.4 Å². The van der Waals surface area contributed by atoms with Crippen LogP contribution in [0.1, 0.15) is 77.0 Å². The molecule has 0 amide bonds. The van der Waals surface area contributed by atoms with E-state index in [0.717, 1.165) is 57.8 Å². The highest BCUT2D eigenvalue weighted by Gasteiger charge is 2.27. The van der Waals surface area contributed by atoms with Crippen LogP contribution in [0.3, 0.4) is 0 Å². The molecular formula is C15H27NO6. The van der Waals surface area contributed by atoms with Crippen molar-refractivity contribution in [2.75, 3.05) is 0 Å². The SMILES string of the molecule is O=C(O)CCCCCCCCCCCCC(C(=O)O)[N+](=O)[O-]. The van der Waals surface area contributed by atoms with Gasteiger partial charge in [-0.3, -0.25) is 14.9 Å². The molecule has 0 rings (SSSR count). The van der Waals surface area contributed by atoms with Gasteiger partial charge in [0.05, 0.1) is 0 Å². The van der Waals surface area contributed by atoms with Gasteiger partial charge in [-0.05, 0) is 12.8 Å². The zero-order chi connectivity index (χ0) is 16.8. The van der Waals surface area contributed by atoms with Crippen LogP contribution in [0, 0.1) is 10.1 Å². The summed E-state index contributed by atoms with van der Waals surface area (Å²) in [7, 11) is 0. The lowest BCUT2D eigenvalue weighted by Gasteiger charge is -2.05. The van der Waals surface area contributed by atoms with Gasteiger partial charge < -0.3 is 10.2 Å². The molecular weight excluding hydrogens is 290 g/mol. The first-order valence-electron chi connectivity index (χ1n) is 8.03. The van der Waals surface area contributed by atoms with Crippen molar-refractivity contribution < 1.29 is 24.7 Å². The van der Waals surface area contributed by atoms with E-state index in [4.69, 9.17) is 10.2 Å². The maximum Gasteiger partial charge on any atom is 0.379 e. The van der Waals surface area contributed by atoms with E-state index in [0.29, 0.717) is 6.42 Å². The van der Waals surface area contributed by atoms with Crippen LogP contribution in [0.25, 0.3) is 0 Å². The summed E-state index contributed by atoms with van der Waals surface area (Å²) >= 11 is 0. The summed E-state index contributed by atoms with van der Waals surface area (Å²) < 4.78 is 0. The molecule has 0 fully saturated rings. The third kappa shape index (κ3) is 12.1. The van der Waals surface area contributed by atoms with Crippen molar-refractivity contribution in [3.05, 3.63) is 10.1 Å². The van der Waals surface area contributed by atoms with Crippen LogP contribution >= 0.6 is 0 Å². The van der Waals surface area contributed by atoms with E-state index in [1.165, 1.54) is 0 Å². The van der Waals surface area contributed by atoms with E-state index < -0.39 is 22.9 Å². The van der Waals surface area contributed by atoms with Gasteiger partial charge >= 0.3 is 18.0 Å². The van der Waals surface area contributed by atoms with Crippen LogP contribution in [0.2, 0.25) is 0 Å². The standard InChI is InChI=1S/C15H27NO6/c17-14(18)12-10-8-6-4-2-1-3-5-7-9-11-13(15(19)20)16(21)22/h13H,1-12H2,(H,17,18)(H,19,20). The number of carboxylic acids is 2. The summed E-state index contributed by atoms with van der Waals surface area (Å²) in [4.78, 5) is 30.7. The number of nitrogens with zero attached hydrogens (tertiary/aromatic N) is 1. The lowest BCUT2D eigenvalue weighted by molar-refractivity contribution is -0.511. The number of unbranched alkanes of at least 4 members (excludes halogenated alkanes) is 9. The molecule has 2 N–H and O–H groups in total. The number of aliphatic carboxylic acids is 2. The smallest absolute Gasteiger partial charge is 0.379 e. The summed E-state index contributed by atoms with van der Waals surface area (Å²) in [6, 6.07) is -1.47. The lowest BCUT2D eigenvalue weighted by Crippen LogP contribution is -2.28. The molecule has 7 nitrogen and oxygen atoms in total. The van der Waals surface area contributed by atoms with Crippen molar-refractivity contribution in [3.63, 3.8) is 0 Å². The quantitative estimate of drug-likeness (QED) is 0.271. The van der Waals surface area contributed by atoms with Gasteiger partial charge in [0.25, 0.3) is 0 Å². The summed E-state index contributed by atoms with van der Waals surface area (Å²) in [5.74, 6) is -2.09. The second kappa shape index (κ2) is 13.0. The maximum absolute atomic E-state index is 10.6. The van der Waals surface area contributed by atoms with Crippen molar-refractivity contribution >= 4 is 11.9 Å². The Morgan fingerprint density at radius 3 is 1.59 bits per heavy atom. The highest BCUT2D eigenvalue weighted by molar-refractivity contribution is 5.71. The highest BCUT2D eigenvalue weighted by atomic mass is 16.6. The predicted octanol–water partition coefficient (Wildman–Crippen LogP) is 3.48. The summed E-state index contributed by atoms with van der Waals surface area (Å²) in [5, 5.41) is 27.6. The number of nitro groups is 1. The van der Waals surface area contributed by atoms with Crippen molar-refractivity contribution in [1.29, 1.82) is 0 Å². The van der Waals surface area contributed by atoms with Crippen LogP contribution in [0.4, 0.5) is 0 Å². The number of rotatable bonds is 15. The molecule has 1 unspecified atom stereocenters. The Morgan fingerprint density at radius 2 is 1.23 bits per heavy atom. The zero-order valence-corrected chi connectivity index (χ0v) is 13.0. The van der Waals surface area contributed by atoms with Crippen molar-refractivity contribution in [2.24, 2.45) is 0 Å². The lowest BCUT2D eigenvalue weighted by atomic mass is 10.0. The molecule has 0 saturated carbocycles. The average Bonchev–Trinajstić information content (AvgIpc) is 2.42. The Morgan fingerprint density at radius 1 is 0.818 bits per heavy atom. The third-order valence-corrected chi connectivity index (χ3v) is 3.66. The zero-order valence-electron chi connectivity index (χ0n) is 13.0. The number of hydrogen-bond acceptors (Lipinski definition) is 4. The van der Waals surface area contributed by atoms with Crippen LogP contribution in [0.15, 0.2) is 0 Å². The van der Waals surface area contributed by atoms with Crippen LogP contribution < -0.4 is 0 Å². The molecule has 7 heteroatoms. The fraction of sp³-hybridized carbons (Fsp3) is 0.867. The van der Waals surface area contributed by atoms with Gasteiger partial charge in [-0.2, -0.15) is 0 Å². The molecule has 0 saturated heterocycles. The molecule has 0 aromatic carbocycles. The minimum absolute atomic E-state index is 0.103. The molecule has 0 aromatic heterocycles. The molecule has 128 valence electrons. The number of hydrogen-bond donors (Lipinski definition) is 2. The van der Waals surface area contributed by atoms with Gasteiger partial charge in [0.15, 0.2) is 0 Å². The number of carbonyl (C=O) groups is 2. The molecule has 0 aliphatic rings. The highest BCUT2D eigenvalue weighted by Crippen LogP contribution is 2.13. The minimum Gasteiger partial charge on any atom is -0.481 e. The Balaban J connectivity index is 3.31. The first kappa shape index (κ1) is 20.3. The van der Waals surface area contributed by atoms with E-state index in [-0.39, 0.29) is 12.8 Å². The largest absolute Gasteiger partial charge is 0.481 e. The van der Waals surface area contributed by atoms with Gasteiger partial charge in [0.1, 0.15) is 0 Å². The van der Waals surface area contributed by atoms with E-state index in [2.05, 4.69) is 0 Å². The molecule has 0 spiro atoms. The Kier molecular flexibility index (Phi) is 12.1. The molecule has 0 aliphatic heterocycles. The fourth-order valence-corrected chi connectivity index (χ4v) is 2.35. The minimum atomic E-state index is -1.47. The molecule has 0 aliphatic carbocycles. The van der Waals surface area contributed by atoms with E-state index in [1.54, 1.807) is 0 Å². The number of carboxylic acid groups (broad SMARTS) is 2. The Bertz CT molecular complexity index is 331. The maximum atomic E-state index is 10.6. The van der Waals surface area contributed by atoms with E-state index in [1.807, 2.05) is 0 Å². The Hall–Kier alpha value is -1.66. The summed E-state index contributed by atoms with van der Waals surface area (Å²) in [5.41, 5.74) is 0. The molecule has 0 bridgehead atoms. The molecule has 22 heavy (non-hydrogen) atoms. The van der Waals surface area contributed by atoms with Crippen LogP contribution in [-0.4, -0.2) is 33.1 Å². The molecule has 0 heterocycles. The third-order valence-electron chi connectivity index (χ3n) is 3.66. The summed E-state index contributed by atoms with van der Waals surface area (Å²) in [6.45, 7) is 0. The average molecular weight is 317 g/mol. The predicted molar refractivity (Wildman–Crippen MR) is 81.5 cm³/mol.